The molecule has 3 rings (SSSR count). The molecule has 0 saturated carbocycles. The molecule has 2 aromatic carbocycles. The van der Waals surface area contributed by atoms with Gasteiger partial charge in [0.05, 0.1) is 7.11 Å². The second-order valence-electron chi connectivity index (χ2n) is 7.79. The van der Waals surface area contributed by atoms with Crippen molar-refractivity contribution >= 4 is 30.3 Å². The number of para-hydroxylation sites is 1. The number of hydrogen-bond acceptors (Lipinski definition) is 5. The summed E-state index contributed by atoms with van der Waals surface area (Å²) in [5.41, 5.74) is 8.03. The van der Waals surface area contributed by atoms with Gasteiger partial charge in [0, 0.05) is 17.5 Å². The Balaban J connectivity index is 0.00000341. The minimum atomic E-state index is -0.363. The molecule has 0 spiro atoms. The number of halogens is 2. The third-order valence-corrected chi connectivity index (χ3v) is 6.25. The zero-order valence-electron chi connectivity index (χ0n) is 17.9. The van der Waals surface area contributed by atoms with E-state index in [0.717, 1.165) is 49.1 Å². The van der Waals surface area contributed by atoms with Crippen LogP contribution in [0.4, 0.5) is 0 Å². The minimum absolute atomic E-state index is 0. The fraction of sp³-hybridized carbons (Fsp3) is 0.458. The number of likely N-dealkylation sites (tertiary alicyclic amines) is 1. The molecule has 1 aliphatic heterocycles. The smallest absolute Gasteiger partial charge is 0.127 e. The van der Waals surface area contributed by atoms with Crippen molar-refractivity contribution in [1.29, 1.82) is 0 Å². The zero-order valence-corrected chi connectivity index (χ0v) is 19.5. The van der Waals surface area contributed by atoms with E-state index in [4.69, 9.17) is 26.8 Å². The van der Waals surface area contributed by atoms with Gasteiger partial charge in [0.25, 0.3) is 0 Å². The molecule has 1 fully saturated rings. The van der Waals surface area contributed by atoms with Gasteiger partial charge in [-0.3, -0.25) is 4.90 Å². The van der Waals surface area contributed by atoms with Gasteiger partial charge < -0.3 is 20.0 Å². The Hall–Kier alpha value is -1.79. The molecule has 170 valence electrons. The van der Waals surface area contributed by atoms with E-state index in [-0.39, 0.29) is 29.9 Å². The summed E-state index contributed by atoms with van der Waals surface area (Å²) >= 11 is 6.65. The summed E-state index contributed by atoms with van der Waals surface area (Å²) in [7, 11) is 1.64. The number of nitrogens with zero attached hydrogens (tertiary/aromatic N) is 1. The third kappa shape index (κ3) is 7.11. The number of ether oxygens (including phenoxy) is 2. The number of benzene rings is 2. The number of hydrogen-bond donors (Lipinski definition) is 1. The van der Waals surface area contributed by atoms with Gasteiger partial charge in [-0.05, 0) is 56.1 Å². The van der Waals surface area contributed by atoms with Crippen LogP contribution in [0.5, 0.6) is 11.5 Å². The molecular weight excluding hydrogens is 435 g/mol. The molecule has 5 nitrogen and oxygen atoms in total. The monoisotopic (exact) mass is 466 g/mol. The summed E-state index contributed by atoms with van der Waals surface area (Å²) in [5.74, 6) is 1.14. The first-order valence-corrected chi connectivity index (χ1v) is 11.0. The number of nitrogens with two attached hydrogens (primary N) is 1. The predicted octanol–water partition coefficient (Wildman–Crippen LogP) is 4.75. The fourth-order valence-electron chi connectivity index (χ4n) is 3.90. The van der Waals surface area contributed by atoms with Crippen molar-refractivity contribution in [2.24, 2.45) is 5.73 Å². The van der Waals surface area contributed by atoms with E-state index in [9.17, 15) is 4.79 Å². The van der Waals surface area contributed by atoms with Crippen LogP contribution in [-0.4, -0.2) is 42.9 Å². The predicted molar refractivity (Wildman–Crippen MR) is 127 cm³/mol. The lowest BCUT2D eigenvalue weighted by Crippen LogP contribution is -2.47. The highest BCUT2D eigenvalue weighted by Gasteiger charge is 2.28. The molecule has 1 saturated heterocycles. The lowest BCUT2D eigenvalue weighted by molar-refractivity contribution is -0.109. The molecule has 0 radical (unpaired) electrons. The quantitative estimate of drug-likeness (QED) is 0.311. The summed E-state index contributed by atoms with van der Waals surface area (Å²) in [5, 5.41) is 0. The first-order valence-electron chi connectivity index (χ1n) is 10.6. The van der Waals surface area contributed by atoms with E-state index in [2.05, 4.69) is 4.90 Å². The fourth-order valence-corrected chi connectivity index (χ4v) is 4.20. The molecule has 1 aliphatic rings. The van der Waals surface area contributed by atoms with Crippen molar-refractivity contribution in [1.82, 2.24) is 4.90 Å². The van der Waals surface area contributed by atoms with Crippen LogP contribution in [0.15, 0.2) is 48.5 Å². The van der Waals surface area contributed by atoms with Crippen LogP contribution in [0.25, 0.3) is 0 Å². The number of methoxy groups -OCH3 is 1. The first-order chi connectivity index (χ1) is 14.6. The molecule has 7 heteroatoms. The Morgan fingerprint density at radius 3 is 2.42 bits per heavy atom. The van der Waals surface area contributed by atoms with Gasteiger partial charge in [-0.15, -0.1) is 24.0 Å². The lowest BCUT2D eigenvalue weighted by Gasteiger charge is -2.34. The zero-order chi connectivity index (χ0) is 21.3. The summed E-state index contributed by atoms with van der Waals surface area (Å²) < 4.78 is 11.2. The molecule has 0 bridgehead atoms. The number of aldehydes is 1. The maximum absolute atomic E-state index is 12.0. The van der Waals surface area contributed by atoms with Crippen LogP contribution in [0.1, 0.15) is 42.7 Å². The van der Waals surface area contributed by atoms with Gasteiger partial charge in [-0.2, -0.15) is 0 Å². The van der Waals surface area contributed by atoms with Crippen LogP contribution in [0.3, 0.4) is 0 Å². The Bertz CT molecular complexity index is 798. The van der Waals surface area contributed by atoms with Crippen molar-refractivity contribution in [2.45, 2.75) is 49.8 Å². The number of piperidine rings is 1. The first kappa shape index (κ1) is 25.5. The largest absolute Gasteiger partial charge is 0.497 e. The van der Waals surface area contributed by atoms with Crippen molar-refractivity contribution in [2.75, 3.05) is 20.2 Å². The van der Waals surface area contributed by atoms with Crippen molar-refractivity contribution < 1.29 is 14.3 Å². The molecule has 0 aromatic heterocycles. The molecule has 0 aliphatic carbocycles. The van der Waals surface area contributed by atoms with Gasteiger partial charge in [0.2, 0.25) is 0 Å². The summed E-state index contributed by atoms with van der Waals surface area (Å²) in [6.45, 7) is 2.34. The molecular formula is C24H32Cl2N2O3. The molecule has 3 unspecified atom stereocenters. The van der Waals surface area contributed by atoms with Gasteiger partial charge in [0.15, 0.2) is 0 Å². The number of rotatable bonds is 10. The average molecular weight is 467 g/mol. The standard InChI is InChI=1S/C24H31ClN2O3.ClH/c1-29-20-11-9-18(10-12-20)17-30-23-8-4-3-7-21(23)19(16-28)15-22(26)24(25)27-13-5-2-6-14-27;/h3-4,7-12,16,19,22,24H,2,5-6,13-15,17,26H2,1H3;1H. The van der Waals surface area contributed by atoms with Crippen molar-refractivity contribution in [3.63, 3.8) is 0 Å². The average Bonchev–Trinajstić information content (AvgIpc) is 2.81. The van der Waals surface area contributed by atoms with E-state index in [1.54, 1.807) is 7.11 Å². The molecule has 0 amide bonds. The van der Waals surface area contributed by atoms with Crippen LogP contribution < -0.4 is 15.2 Å². The highest BCUT2D eigenvalue weighted by Crippen LogP contribution is 2.31. The third-order valence-electron chi connectivity index (χ3n) is 5.66. The number of carbonyl (C=O) groups is 1. The Morgan fingerprint density at radius 1 is 1.10 bits per heavy atom. The van der Waals surface area contributed by atoms with Crippen LogP contribution in [-0.2, 0) is 11.4 Å². The van der Waals surface area contributed by atoms with Gasteiger partial charge in [-0.1, -0.05) is 36.8 Å². The van der Waals surface area contributed by atoms with Crippen LogP contribution >= 0.6 is 24.0 Å². The van der Waals surface area contributed by atoms with E-state index in [1.165, 1.54) is 6.42 Å². The van der Waals surface area contributed by atoms with Crippen molar-refractivity contribution in [3.8, 4) is 11.5 Å². The normalized spacial score (nSPS) is 17.1. The topological polar surface area (TPSA) is 64.8 Å². The second kappa shape index (κ2) is 12.9. The van der Waals surface area contributed by atoms with Gasteiger partial charge in [-0.25, -0.2) is 0 Å². The molecule has 2 aromatic rings. The molecule has 2 N–H and O–H groups in total. The van der Waals surface area contributed by atoms with E-state index >= 15 is 0 Å². The Kier molecular flexibility index (Phi) is 10.6. The lowest BCUT2D eigenvalue weighted by atomic mass is 9.92. The van der Waals surface area contributed by atoms with Crippen LogP contribution in [0, 0.1) is 0 Å². The molecule has 3 atom stereocenters. The summed E-state index contributed by atoms with van der Waals surface area (Å²) in [6, 6.07) is 15.1. The highest BCUT2D eigenvalue weighted by molar-refractivity contribution is 6.20. The molecule has 31 heavy (non-hydrogen) atoms. The minimum Gasteiger partial charge on any atom is -0.497 e. The maximum Gasteiger partial charge on any atom is 0.127 e. The number of carbonyl (C=O) groups excluding carboxylic acids is 1. The SMILES string of the molecule is COc1ccc(COc2ccccc2C(C=O)CC(N)C(Cl)N2CCCCC2)cc1.Cl. The van der Waals surface area contributed by atoms with Crippen LogP contribution in [0.2, 0.25) is 0 Å². The van der Waals surface area contributed by atoms with Gasteiger partial charge >= 0.3 is 0 Å². The maximum atomic E-state index is 12.0. The highest BCUT2D eigenvalue weighted by atomic mass is 35.5. The summed E-state index contributed by atoms with van der Waals surface area (Å²) in [6.07, 6.45) is 4.97. The molecule has 1 heterocycles. The van der Waals surface area contributed by atoms with Gasteiger partial charge in [0.1, 0.15) is 29.9 Å². The summed E-state index contributed by atoms with van der Waals surface area (Å²) in [4.78, 5) is 14.2. The van der Waals surface area contributed by atoms with E-state index in [0.29, 0.717) is 18.8 Å². The van der Waals surface area contributed by atoms with E-state index in [1.807, 2.05) is 48.5 Å². The second-order valence-corrected chi connectivity index (χ2v) is 8.23. The Labute approximate surface area is 196 Å². The Morgan fingerprint density at radius 2 is 1.77 bits per heavy atom. The van der Waals surface area contributed by atoms with Crippen molar-refractivity contribution in [3.05, 3.63) is 59.7 Å². The number of alkyl halides is 1. The van der Waals surface area contributed by atoms with E-state index < -0.39 is 0 Å².